The van der Waals surface area contributed by atoms with Gasteiger partial charge in [0.05, 0.1) is 11.1 Å². The molecular formula is C22H22N4O3. The highest BCUT2D eigenvalue weighted by Crippen LogP contribution is 2.28. The van der Waals surface area contributed by atoms with Crippen LogP contribution in [0, 0.1) is 0 Å². The Morgan fingerprint density at radius 2 is 1.93 bits per heavy atom. The van der Waals surface area contributed by atoms with Gasteiger partial charge in [0, 0.05) is 49.1 Å². The van der Waals surface area contributed by atoms with Gasteiger partial charge in [-0.25, -0.2) is 4.79 Å². The number of carbonyl (C=O) groups is 2. The Hall–Kier alpha value is -3.61. The first-order valence-corrected chi connectivity index (χ1v) is 9.50. The molecule has 1 unspecified atom stereocenters. The lowest BCUT2D eigenvalue weighted by atomic mass is 10.1. The van der Waals surface area contributed by atoms with Crippen molar-refractivity contribution in [2.24, 2.45) is 0 Å². The van der Waals surface area contributed by atoms with E-state index in [2.05, 4.69) is 10.3 Å². The summed E-state index contributed by atoms with van der Waals surface area (Å²) in [4.78, 5) is 31.8. The molecule has 0 radical (unpaired) electrons. The molecule has 148 valence electrons. The third-order valence-corrected chi connectivity index (χ3v) is 5.27. The fourth-order valence-corrected chi connectivity index (χ4v) is 3.69. The highest BCUT2D eigenvalue weighted by atomic mass is 16.4. The minimum absolute atomic E-state index is 0.0306. The van der Waals surface area contributed by atoms with E-state index in [-0.39, 0.29) is 11.9 Å². The van der Waals surface area contributed by atoms with Crippen LogP contribution in [0.1, 0.15) is 16.8 Å². The van der Waals surface area contributed by atoms with Gasteiger partial charge in [0.2, 0.25) is 0 Å². The van der Waals surface area contributed by atoms with Gasteiger partial charge in [-0.15, -0.1) is 0 Å². The molecule has 2 aromatic carbocycles. The number of hydrogen-bond donors (Lipinski definition) is 2. The van der Waals surface area contributed by atoms with E-state index in [1.165, 1.54) is 4.90 Å². The van der Waals surface area contributed by atoms with Crippen molar-refractivity contribution >= 4 is 34.3 Å². The minimum atomic E-state index is -0.897. The lowest BCUT2D eigenvalue weighted by Gasteiger charge is -2.20. The number of nitrogens with zero attached hydrogens (tertiary/aromatic N) is 3. The highest BCUT2D eigenvalue weighted by Gasteiger charge is 2.26. The number of rotatable bonds is 4. The van der Waals surface area contributed by atoms with Gasteiger partial charge < -0.3 is 20.2 Å². The Labute approximate surface area is 168 Å². The molecule has 0 aliphatic carbocycles. The quantitative estimate of drug-likeness (QED) is 0.710. The number of anilines is 2. The molecule has 29 heavy (non-hydrogen) atoms. The molecule has 1 aromatic heterocycles. The topological polar surface area (TPSA) is 85.8 Å². The SMILES string of the molecule is CN(C(=O)c1ccc(NC2CCN(C(=O)O)C2)c2cccnc12)c1ccccc1. The molecule has 1 atom stereocenters. The lowest BCUT2D eigenvalue weighted by Crippen LogP contribution is -2.30. The number of para-hydroxylation sites is 1. The monoisotopic (exact) mass is 390 g/mol. The van der Waals surface area contributed by atoms with Crippen molar-refractivity contribution in [3.05, 3.63) is 66.4 Å². The summed E-state index contributed by atoms with van der Waals surface area (Å²) in [5.41, 5.74) is 2.81. The number of pyridine rings is 1. The highest BCUT2D eigenvalue weighted by molar-refractivity contribution is 6.14. The summed E-state index contributed by atoms with van der Waals surface area (Å²) in [6.07, 6.45) is 1.52. The zero-order valence-corrected chi connectivity index (χ0v) is 16.1. The molecule has 3 aromatic rings. The number of likely N-dealkylation sites (tertiary alicyclic amines) is 1. The Morgan fingerprint density at radius 1 is 1.14 bits per heavy atom. The number of carbonyl (C=O) groups excluding carboxylic acids is 1. The molecule has 0 saturated carbocycles. The molecule has 0 spiro atoms. The number of nitrogens with one attached hydrogen (secondary N) is 1. The zero-order chi connectivity index (χ0) is 20.4. The van der Waals surface area contributed by atoms with Crippen molar-refractivity contribution in [1.82, 2.24) is 9.88 Å². The van der Waals surface area contributed by atoms with E-state index in [1.54, 1.807) is 24.2 Å². The maximum atomic E-state index is 13.1. The molecule has 1 fully saturated rings. The van der Waals surface area contributed by atoms with Crippen LogP contribution in [0.15, 0.2) is 60.8 Å². The van der Waals surface area contributed by atoms with E-state index >= 15 is 0 Å². The average Bonchev–Trinajstić information content (AvgIpc) is 3.22. The molecule has 2 amide bonds. The molecule has 7 heteroatoms. The molecule has 4 rings (SSSR count). The van der Waals surface area contributed by atoms with E-state index in [4.69, 9.17) is 5.11 Å². The van der Waals surface area contributed by atoms with E-state index in [0.29, 0.717) is 24.2 Å². The van der Waals surface area contributed by atoms with Crippen LogP contribution in [0.2, 0.25) is 0 Å². The van der Waals surface area contributed by atoms with Crippen LogP contribution < -0.4 is 10.2 Å². The number of aromatic nitrogens is 1. The molecule has 1 aliphatic heterocycles. The van der Waals surface area contributed by atoms with Gasteiger partial charge in [-0.3, -0.25) is 9.78 Å². The van der Waals surface area contributed by atoms with Crippen molar-refractivity contribution in [3.8, 4) is 0 Å². The molecular weight excluding hydrogens is 368 g/mol. The third-order valence-electron chi connectivity index (χ3n) is 5.27. The van der Waals surface area contributed by atoms with Gasteiger partial charge in [-0.1, -0.05) is 18.2 Å². The summed E-state index contributed by atoms with van der Waals surface area (Å²) in [5.74, 6) is -0.135. The summed E-state index contributed by atoms with van der Waals surface area (Å²) in [5, 5.41) is 13.4. The van der Waals surface area contributed by atoms with Crippen LogP contribution >= 0.6 is 0 Å². The summed E-state index contributed by atoms with van der Waals surface area (Å²) in [7, 11) is 1.75. The van der Waals surface area contributed by atoms with Crippen LogP contribution in [-0.2, 0) is 0 Å². The van der Waals surface area contributed by atoms with E-state index in [9.17, 15) is 9.59 Å². The van der Waals surface area contributed by atoms with Crippen molar-refractivity contribution in [2.45, 2.75) is 12.5 Å². The summed E-state index contributed by atoms with van der Waals surface area (Å²) < 4.78 is 0. The maximum Gasteiger partial charge on any atom is 0.407 e. The molecule has 2 heterocycles. The van der Waals surface area contributed by atoms with Gasteiger partial charge in [0.15, 0.2) is 0 Å². The molecule has 2 N–H and O–H groups in total. The van der Waals surface area contributed by atoms with Gasteiger partial charge in [0.1, 0.15) is 0 Å². The predicted octanol–water partition coefficient (Wildman–Crippen LogP) is 3.68. The zero-order valence-electron chi connectivity index (χ0n) is 16.1. The van der Waals surface area contributed by atoms with Gasteiger partial charge in [0.25, 0.3) is 5.91 Å². The van der Waals surface area contributed by atoms with Gasteiger partial charge in [-0.05, 0) is 42.8 Å². The first kappa shape index (κ1) is 18.7. The maximum absolute atomic E-state index is 13.1. The van der Waals surface area contributed by atoms with E-state index in [0.717, 1.165) is 23.2 Å². The van der Waals surface area contributed by atoms with Crippen LogP contribution in [-0.4, -0.2) is 53.2 Å². The third kappa shape index (κ3) is 3.71. The first-order valence-electron chi connectivity index (χ1n) is 9.50. The standard InChI is InChI=1S/C22H22N4O3/c1-25(16-6-3-2-4-7-16)21(27)18-9-10-19(17-8-5-12-23-20(17)18)24-15-11-13-26(14-15)22(28)29/h2-10,12,15,24H,11,13-14H2,1H3,(H,28,29). The second-order valence-electron chi connectivity index (χ2n) is 7.12. The van der Waals surface area contributed by atoms with E-state index < -0.39 is 6.09 Å². The fourth-order valence-electron chi connectivity index (χ4n) is 3.69. The first-order chi connectivity index (χ1) is 14.0. The molecule has 1 saturated heterocycles. The Balaban J connectivity index is 1.64. The minimum Gasteiger partial charge on any atom is -0.465 e. The number of benzene rings is 2. The van der Waals surface area contributed by atoms with Gasteiger partial charge >= 0.3 is 6.09 Å². The summed E-state index contributed by atoms with van der Waals surface area (Å²) in [6, 6.07) is 16.9. The normalized spacial score (nSPS) is 16.0. The van der Waals surface area contributed by atoms with Crippen molar-refractivity contribution in [2.75, 3.05) is 30.4 Å². The Morgan fingerprint density at radius 3 is 2.66 bits per heavy atom. The predicted molar refractivity (Wildman–Crippen MR) is 113 cm³/mol. The summed E-state index contributed by atoms with van der Waals surface area (Å²) >= 11 is 0. The number of amides is 2. The van der Waals surface area contributed by atoms with Gasteiger partial charge in [-0.2, -0.15) is 0 Å². The fraction of sp³-hybridized carbons (Fsp3) is 0.227. The van der Waals surface area contributed by atoms with Crippen molar-refractivity contribution in [3.63, 3.8) is 0 Å². The molecule has 1 aliphatic rings. The number of hydrogen-bond acceptors (Lipinski definition) is 4. The van der Waals surface area contributed by atoms with Crippen molar-refractivity contribution in [1.29, 1.82) is 0 Å². The second-order valence-corrected chi connectivity index (χ2v) is 7.12. The van der Waals surface area contributed by atoms with Crippen LogP contribution in [0.4, 0.5) is 16.2 Å². The van der Waals surface area contributed by atoms with Crippen LogP contribution in [0.5, 0.6) is 0 Å². The van der Waals surface area contributed by atoms with Crippen LogP contribution in [0.3, 0.4) is 0 Å². The van der Waals surface area contributed by atoms with Crippen molar-refractivity contribution < 1.29 is 14.7 Å². The Kier molecular flexibility index (Phi) is 5.03. The lowest BCUT2D eigenvalue weighted by molar-refractivity contribution is 0.0994. The van der Waals surface area contributed by atoms with E-state index in [1.807, 2.05) is 48.5 Å². The average molecular weight is 390 g/mol. The second kappa shape index (κ2) is 7.79. The number of fused-ring (bicyclic) bond motifs is 1. The molecule has 0 bridgehead atoms. The Bertz CT molecular complexity index is 1050. The summed E-state index contributed by atoms with van der Waals surface area (Å²) in [6.45, 7) is 0.955. The molecule has 7 nitrogen and oxygen atoms in total. The number of carboxylic acid groups (broad SMARTS) is 1. The largest absolute Gasteiger partial charge is 0.465 e. The van der Waals surface area contributed by atoms with Crippen LogP contribution in [0.25, 0.3) is 10.9 Å². The smallest absolute Gasteiger partial charge is 0.407 e.